The Hall–Kier alpha value is -3.13. The van der Waals surface area contributed by atoms with Crippen LogP contribution in [0, 0.1) is 13.8 Å². The summed E-state index contributed by atoms with van der Waals surface area (Å²) in [5.74, 6) is -0.334. The summed E-state index contributed by atoms with van der Waals surface area (Å²) in [5.41, 5.74) is 7.94. The Morgan fingerprint density at radius 1 is 0.846 bits per heavy atom. The van der Waals surface area contributed by atoms with E-state index in [1.165, 1.54) is 18.2 Å². The number of hydrogen-bond donors (Lipinski definition) is 0. The van der Waals surface area contributed by atoms with E-state index in [9.17, 15) is 4.79 Å². The Bertz CT molecular complexity index is 946. The highest BCUT2D eigenvalue weighted by atomic mass is 16.5. The lowest BCUT2D eigenvalue weighted by atomic mass is 9.93. The molecule has 0 aliphatic carbocycles. The second-order valence-electron chi connectivity index (χ2n) is 6.45. The molecule has 0 amide bonds. The van der Waals surface area contributed by atoms with E-state index in [0.29, 0.717) is 5.56 Å². The predicted octanol–water partition coefficient (Wildman–Crippen LogP) is 6.07. The monoisotopic (exact) mass is 342 g/mol. The number of esters is 1. The van der Waals surface area contributed by atoms with Crippen LogP contribution in [0.1, 0.15) is 27.0 Å². The van der Waals surface area contributed by atoms with Gasteiger partial charge in [-0.25, -0.2) is 4.79 Å². The van der Waals surface area contributed by atoms with Crippen molar-refractivity contribution in [2.75, 3.05) is 7.11 Å². The van der Waals surface area contributed by atoms with Crippen LogP contribution in [-0.4, -0.2) is 13.1 Å². The minimum atomic E-state index is -0.334. The van der Waals surface area contributed by atoms with Crippen LogP contribution in [0.25, 0.3) is 28.3 Å². The number of methoxy groups -OCH3 is 1. The molecule has 0 N–H and O–H groups in total. The van der Waals surface area contributed by atoms with Crippen molar-refractivity contribution in [1.82, 2.24) is 0 Å². The summed E-state index contributed by atoms with van der Waals surface area (Å²) >= 11 is 0. The molecule has 3 aromatic rings. The van der Waals surface area contributed by atoms with Gasteiger partial charge in [0.2, 0.25) is 0 Å². The largest absolute Gasteiger partial charge is 0.465 e. The molecule has 0 unspecified atom stereocenters. The first kappa shape index (κ1) is 17.7. The van der Waals surface area contributed by atoms with E-state index < -0.39 is 0 Å². The van der Waals surface area contributed by atoms with Gasteiger partial charge >= 0.3 is 5.97 Å². The first-order valence-electron chi connectivity index (χ1n) is 8.55. The van der Waals surface area contributed by atoms with Gasteiger partial charge < -0.3 is 4.74 Å². The molecule has 130 valence electrons. The molecule has 0 aromatic heterocycles. The van der Waals surface area contributed by atoms with Gasteiger partial charge in [0.1, 0.15) is 0 Å². The number of carbonyl (C=O) groups excluding carboxylic acids is 1. The maximum absolute atomic E-state index is 12.4. The van der Waals surface area contributed by atoms with Crippen LogP contribution in [0.2, 0.25) is 0 Å². The van der Waals surface area contributed by atoms with Crippen molar-refractivity contribution in [1.29, 1.82) is 0 Å². The zero-order chi connectivity index (χ0) is 18.7. The lowest BCUT2D eigenvalue weighted by molar-refractivity contribution is 0.0601. The fourth-order valence-electron chi connectivity index (χ4n) is 3.19. The van der Waals surface area contributed by atoms with Crippen LogP contribution in [0.5, 0.6) is 0 Å². The Labute approximate surface area is 154 Å². The average molecular weight is 342 g/mol. The zero-order valence-corrected chi connectivity index (χ0v) is 15.4. The molecule has 3 rings (SSSR count). The summed E-state index contributed by atoms with van der Waals surface area (Å²) in [4.78, 5) is 12.4. The van der Waals surface area contributed by atoms with E-state index >= 15 is 0 Å². The summed E-state index contributed by atoms with van der Waals surface area (Å²) in [6, 6.07) is 20.3. The number of aryl methyl sites for hydroxylation is 2. The van der Waals surface area contributed by atoms with Crippen molar-refractivity contribution >= 4 is 12.0 Å². The topological polar surface area (TPSA) is 26.3 Å². The minimum Gasteiger partial charge on any atom is -0.465 e. The van der Waals surface area contributed by atoms with Crippen molar-refractivity contribution in [3.8, 4) is 22.3 Å². The molecule has 0 atom stereocenters. The molecule has 0 heterocycles. The molecule has 0 aliphatic heterocycles. The summed E-state index contributed by atoms with van der Waals surface area (Å²) < 4.78 is 5.03. The van der Waals surface area contributed by atoms with E-state index in [1.54, 1.807) is 6.08 Å². The molecule has 0 saturated heterocycles. The van der Waals surface area contributed by atoms with Crippen molar-refractivity contribution in [3.63, 3.8) is 0 Å². The van der Waals surface area contributed by atoms with Crippen LogP contribution >= 0.6 is 0 Å². The highest BCUT2D eigenvalue weighted by molar-refractivity contribution is 5.98. The number of ether oxygens (including phenoxy) is 1. The van der Waals surface area contributed by atoms with Gasteiger partial charge in [-0.3, -0.25) is 0 Å². The molecule has 0 spiro atoms. The average Bonchev–Trinajstić information content (AvgIpc) is 2.66. The zero-order valence-electron chi connectivity index (χ0n) is 15.4. The smallest absolute Gasteiger partial charge is 0.338 e. The normalized spacial score (nSPS) is 10.4. The Balaban J connectivity index is 2.14. The van der Waals surface area contributed by atoms with Gasteiger partial charge in [0.05, 0.1) is 12.7 Å². The predicted molar refractivity (Wildman–Crippen MR) is 108 cm³/mol. The van der Waals surface area contributed by atoms with Crippen LogP contribution in [0.3, 0.4) is 0 Å². The third kappa shape index (κ3) is 3.60. The van der Waals surface area contributed by atoms with Gasteiger partial charge in [0.25, 0.3) is 0 Å². The molecule has 0 aliphatic rings. The number of rotatable bonds is 4. The number of hydrogen-bond acceptors (Lipinski definition) is 2. The van der Waals surface area contributed by atoms with Gasteiger partial charge in [-0.15, -0.1) is 0 Å². The number of benzene rings is 3. The molecule has 0 saturated carbocycles. The third-order valence-corrected chi connectivity index (χ3v) is 4.44. The van der Waals surface area contributed by atoms with E-state index in [2.05, 4.69) is 44.7 Å². The Kier molecular flexibility index (Phi) is 5.04. The highest BCUT2D eigenvalue weighted by Crippen LogP contribution is 2.30. The van der Waals surface area contributed by atoms with E-state index in [0.717, 1.165) is 27.8 Å². The molecular weight excluding hydrogens is 320 g/mol. The SMILES string of the molecule is C=Cc1ccc(-c2ccc(-c3cc(C)cc(C)c3)cc2C(=O)OC)cc1. The maximum atomic E-state index is 12.4. The van der Waals surface area contributed by atoms with Gasteiger partial charge in [-0.2, -0.15) is 0 Å². The van der Waals surface area contributed by atoms with Crippen LogP contribution in [0.4, 0.5) is 0 Å². The minimum absolute atomic E-state index is 0.334. The Morgan fingerprint density at radius 2 is 1.46 bits per heavy atom. The fourth-order valence-corrected chi connectivity index (χ4v) is 3.19. The van der Waals surface area contributed by atoms with Gasteiger partial charge in [-0.05, 0) is 47.7 Å². The van der Waals surface area contributed by atoms with Gasteiger partial charge in [-0.1, -0.05) is 78.4 Å². The van der Waals surface area contributed by atoms with Crippen molar-refractivity contribution < 1.29 is 9.53 Å². The van der Waals surface area contributed by atoms with Crippen LogP contribution in [0.15, 0.2) is 67.2 Å². The summed E-state index contributed by atoms with van der Waals surface area (Å²) in [5, 5.41) is 0. The van der Waals surface area contributed by atoms with E-state index in [-0.39, 0.29) is 5.97 Å². The van der Waals surface area contributed by atoms with Crippen molar-refractivity contribution in [2.24, 2.45) is 0 Å². The van der Waals surface area contributed by atoms with Gasteiger partial charge in [0, 0.05) is 0 Å². The third-order valence-electron chi connectivity index (χ3n) is 4.44. The van der Waals surface area contributed by atoms with Gasteiger partial charge in [0.15, 0.2) is 0 Å². The molecule has 0 bridgehead atoms. The molecule has 0 fully saturated rings. The lowest BCUT2D eigenvalue weighted by Gasteiger charge is -2.12. The summed E-state index contributed by atoms with van der Waals surface area (Å²) in [7, 11) is 1.41. The van der Waals surface area contributed by atoms with Crippen LogP contribution < -0.4 is 0 Å². The quantitative estimate of drug-likeness (QED) is 0.538. The Morgan fingerprint density at radius 3 is 2.04 bits per heavy atom. The standard InChI is InChI=1S/C24H22O2/c1-5-18-6-8-19(9-7-18)22-11-10-20(15-23(22)24(25)26-4)21-13-16(2)12-17(3)14-21/h5-15H,1H2,2-4H3. The number of carbonyl (C=O) groups is 1. The fraction of sp³-hybridized carbons (Fsp3) is 0.125. The van der Waals surface area contributed by atoms with Crippen molar-refractivity contribution in [3.05, 3.63) is 89.5 Å². The lowest BCUT2D eigenvalue weighted by Crippen LogP contribution is -2.04. The second kappa shape index (κ2) is 7.40. The van der Waals surface area contributed by atoms with Crippen LogP contribution in [-0.2, 0) is 4.74 Å². The maximum Gasteiger partial charge on any atom is 0.338 e. The first-order valence-corrected chi connectivity index (χ1v) is 8.55. The molecule has 3 aromatic carbocycles. The van der Waals surface area contributed by atoms with E-state index in [4.69, 9.17) is 4.74 Å². The summed E-state index contributed by atoms with van der Waals surface area (Å²) in [6.07, 6.45) is 1.80. The first-order chi connectivity index (χ1) is 12.5. The van der Waals surface area contributed by atoms with Crippen molar-refractivity contribution in [2.45, 2.75) is 13.8 Å². The molecular formula is C24H22O2. The molecule has 0 radical (unpaired) electrons. The second-order valence-corrected chi connectivity index (χ2v) is 6.45. The molecule has 2 nitrogen and oxygen atoms in total. The highest BCUT2D eigenvalue weighted by Gasteiger charge is 2.15. The molecule has 26 heavy (non-hydrogen) atoms. The van der Waals surface area contributed by atoms with E-state index in [1.807, 2.05) is 36.4 Å². The molecule has 2 heteroatoms. The summed E-state index contributed by atoms with van der Waals surface area (Å²) in [6.45, 7) is 7.93.